The van der Waals surface area contributed by atoms with Gasteiger partial charge < -0.3 is 25.2 Å². The van der Waals surface area contributed by atoms with E-state index in [2.05, 4.69) is 26.2 Å². The molecule has 2 heterocycles. The summed E-state index contributed by atoms with van der Waals surface area (Å²) in [4.78, 5) is 11.7. The van der Waals surface area contributed by atoms with Crippen molar-refractivity contribution in [2.75, 3.05) is 12.3 Å². The van der Waals surface area contributed by atoms with Gasteiger partial charge in [0.25, 0.3) is 0 Å². The Bertz CT molecular complexity index is 1090. The van der Waals surface area contributed by atoms with Gasteiger partial charge in [-0.1, -0.05) is 60.3 Å². The molecule has 4 rings (SSSR count). The highest BCUT2D eigenvalue weighted by molar-refractivity contribution is 7.99. The molecule has 0 bridgehead atoms. The summed E-state index contributed by atoms with van der Waals surface area (Å²) in [6.07, 6.45) is -0.109. The molecule has 1 aliphatic heterocycles. The van der Waals surface area contributed by atoms with Crippen LogP contribution in [0.15, 0.2) is 53.7 Å². The van der Waals surface area contributed by atoms with E-state index in [1.165, 1.54) is 0 Å². The van der Waals surface area contributed by atoms with Gasteiger partial charge in [-0.2, -0.15) is 0 Å². The average Bonchev–Trinajstić information content (AvgIpc) is 3.31. The lowest BCUT2D eigenvalue weighted by atomic mass is 10.0. The third kappa shape index (κ3) is 6.79. The van der Waals surface area contributed by atoms with Crippen molar-refractivity contribution >= 4 is 17.8 Å². The number of thioether (sulfide) groups is 1. The minimum atomic E-state index is -0.542. The van der Waals surface area contributed by atoms with E-state index in [4.69, 9.17) is 9.47 Å². The first-order chi connectivity index (χ1) is 17.1. The van der Waals surface area contributed by atoms with Crippen molar-refractivity contribution in [2.45, 2.75) is 50.2 Å². The number of hydrogen-bond donors (Lipinski definition) is 3. The van der Waals surface area contributed by atoms with Crippen LogP contribution in [-0.2, 0) is 29.7 Å². The Balaban J connectivity index is 1.47. The van der Waals surface area contributed by atoms with Gasteiger partial charge in [-0.15, -0.1) is 5.10 Å². The van der Waals surface area contributed by atoms with Gasteiger partial charge in [0, 0.05) is 37.9 Å². The minimum absolute atomic E-state index is 0.00382. The van der Waals surface area contributed by atoms with Crippen LogP contribution in [0.2, 0.25) is 0 Å². The van der Waals surface area contributed by atoms with Gasteiger partial charge in [0.2, 0.25) is 5.16 Å². The fraction of sp³-hybridized carbons (Fsp3) is 0.417. The molecule has 3 aromatic rings. The van der Waals surface area contributed by atoms with Crippen LogP contribution in [0.3, 0.4) is 0 Å². The number of aliphatic hydroxyl groups excluding tert-OH is 1. The SMILES string of the molecule is CCNC(=O)NCc1ccc(C2O[C@H](CSc3nnnn3C)C[C@H](c3ccc(CO)cc3)O2)cc1. The second kappa shape index (κ2) is 12.1. The maximum Gasteiger partial charge on any atom is 0.315 e. The number of tetrazole rings is 1. The van der Waals surface area contributed by atoms with Gasteiger partial charge >= 0.3 is 6.03 Å². The number of benzene rings is 2. The van der Waals surface area contributed by atoms with Crippen molar-refractivity contribution in [1.29, 1.82) is 0 Å². The van der Waals surface area contributed by atoms with Crippen molar-refractivity contribution in [3.8, 4) is 0 Å². The number of hydrogen-bond acceptors (Lipinski definition) is 8. The lowest BCUT2D eigenvalue weighted by Gasteiger charge is -2.36. The van der Waals surface area contributed by atoms with Crippen molar-refractivity contribution in [3.63, 3.8) is 0 Å². The minimum Gasteiger partial charge on any atom is -0.392 e. The normalized spacial score (nSPS) is 19.9. The van der Waals surface area contributed by atoms with Crippen LogP contribution in [0.1, 0.15) is 48.0 Å². The number of aryl methyl sites for hydroxylation is 1. The summed E-state index contributed by atoms with van der Waals surface area (Å²) in [6.45, 7) is 2.90. The number of nitrogens with zero attached hydrogens (tertiary/aromatic N) is 4. The van der Waals surface area contributed by atoms with Gasteiger partial charge in [0.1, 0.15) is 0 Å². The third-order valence-corrected chi connectivity index (χ3v) is 6.78. The first-order valence-electron chi connectivity index (χ1n) is 11.5. The highest BCUT2D eigenvalue weighted by atomic mass is 32.2. The first kappa shape index (κ1) is 25.1. The van der Waals surface area contributed by atoms with Gasteiger partial charge in [0.05, 0.1) is 18.8 Å². The van der Waals surface area contributed by atoms with E-state index >= 15 is 0 Å². The molecular formula is C24H30N6O4S. The molecule has 0 saturated carbocycles. The largest absolute Gasteiger partial charge is 0.392 e. The molecule has 1 fully saturated rings. The van der Waals surface area contributed by atoms with Crippen molar-refractivity contribution < 1.29 is 19.4 Å². The van der Waals surface area contributed by atoms with Gasteiger partial charge in [-0.25, -0.2) is 9.48 Å². The lowest BCUT2D eigenvalue weighted by molar-refractivity contribution is -0.245. The van der Waals surface area contributed by atoms with E-state index in [0.29, 0.717) is 25.3 Å². The van der Waals surface area contributed by atoms with Crippen LogP contribution < -0.4 is 10.6 Å². The third-order valence-electron chi connectivity index (χ3n) is 5.64. The van der Waals surface area contributed by atoms with Crippen LogP contribution in [0.25, 0.3) is 0 Å². The van der Waals surface area contributed by atoms with Crippen molar-refractivity contribution in [1.82, 2.24) is 30.8 Å². The summed E-state index contributed by atoms with van der Waals surface area (Å²) < 4.78 is 14.3. The number of aliphatic hydroxyl groups is 1. The smallest absolute Gasteiger partial charge is 0.315 e. The maximum atomic E-state index is 11.7. The van der Waals surface area contributed by atoms with Crippen molar-refractivity contribution in [3.05, 3.63) is 70.8 Å². The van der Waals surface area contributed by atoms with Crippen LogP contribution in [0.4, 0.5) is 4.79 Å². The number of urea groups is 1. The summed E-state index contributed by atoms with van der Waals surface area (Å²) in [5, 5.41) is 27.3. The zero-order valence-electron chi connectivity index (χ0n) is 19.8. The Morgan fingerprint density at radius 2 is 1.80 bits per heavy atom. The molecule has 10 nitrogen and oxygen atoms in total. The van der Waals surface area contributed by atoms with E-state index in [1.807, 2.05) is 62.5 Å². The molecule has 1 aromatic heterocycles. The average molecular weight is 499 g/mol. The number of carbonyl (C=O) groups is 1. The summed E-state index contributed by atoms with van der Waals surface area (Å²) in [6, 6.07) is 15.5. The molecule has 0 radical (unpaired) electrons. The predicted molar refractivity (Wildman–Crippen MR) is 130 cm³/mol. The van der Waals surface area contributed by atoms with Gasteiger partial charge in [-0.3, -0.25) is 0 Å². The molecule has 11 heteroatoms. The van der Waals surface area contributed by atoms with Crippen LogP contribution >= 0.6 is 11.8 Å². The quantitative estimate of drug-likeness (QED) is 0.385. The number of aromatic nitrogens is 4. The molecule has 1 saturated heterocycles. The van der Waals surface area contributed by atoms with Crippen LogP contribution in [-0.4, -0.2) is 49.7 Å². The Labute approximate surface area is 208 Å². The molecule has 35 heavy (non-hydrogen) atoms. The van der Waals surface area contributed by atoms with E-state index in [1.54, 1.807) is 16.4 Å². The zero-order valence-corrected chi connectivity index (χ0v) is 20.6. The molecular weight excluding hydrogens is 468 g/mol. The molecule has 1 aliphatic rings. The van der Waals surface area contributed by atoms with E-state index in [0.717, 1.165) is 27.4 Å². The molecule has 0 aliphatic carbocycles. The zero-order chi connectivity index (χ0) is 24.6. The fourth-order valence-electron chi connectivity index (χ4n) is 3.73. The second-order valence-electron chi connectivity index (χ2n) is 8.20. The summed E-state index contributed by atoms with van der Waals surface area (Å²) >= 11 is 1.54. The fourth-order valence-corrected chi connectivity index (χ4v) is 4.60. The Hall–Kier alpha value is -2.99. The molecule has 186 valence electrons. The monoisotopic (exact) mass is 498 g/mol. The standard InChI is InChI=1S/C24H30N6O4S/c1-3-25-23(32)26-13-16-4-10-19(11-5-16)22-33-20(15-35-24-27-28-29-30(24)2)12-21(34-22)18-8-6-17(14-31)7-9-18/h4-11,20-22,31H,3,12-15H2,1-2H3,(H2,25,26,32)/t20-,21+,22?/m0/s1. The Morgan fingerprint density at radius 1 is 1.09 bits per heavy atom. The Kier molecular flexibility index (Phi) is 8.69. The first-order valence-corrected chi connectivity index (χ1v) is 12.5. The van der Waals surface area contributed by atoms with Crippen LogP contribution in [0.5, 0.6) is 0 Å². The Morgan fingerprint density at radius 3 is 2.46 bits per heavy atom. The summed E-state index contributed by atoms with van der Waals surface area (Å²) in [5.74, 6) is 0.674. The summed E-state index contributed by atoms with van der Waals surface area (Å²) in [7, 11) is 1.81. The predicted octanol–water partition coefficient (Wildman–Crippen LogP) is 2.86. The van der Waals surface area contributed by atoms with Crippen molar-refractivity contribution in [2.24, 2.45) is 7.05 Å². The van der Waals surface area contributed by atoms with E-state index in [9.17, 15) is 9.90 Å². The number of amides is 2. The van der Waals surface area contributed by atoms with E-state index < -0.39 is 6.29 Å². The molecule has 2 aromatic carbocycles. The topological polar surface area (TPSA) is 123 Å². The highest BCUT2D eigenvalue weighted by Crippen LogP contribution is 2.39. The van der Waals surface area contributed by atoms with Gasteiger partial charge in [-0.05, 0) is 34.0 Å². The number of carbonyl (C=O) groups excluding carboxylic acids is 1. The second-order valence-corrected chi connectivity index (χ2v) is 9.19. The molecule has 1 unspecified atom stereocenters. The highest BCUT2D eigenvalue weighted by Gasteiger charge is 2.32. The summed E-state index contributed by atoms with van der Waals surface area (Å²) in [5.41, 5.74) is 3.78. The molecule has 0 spiro atoms. The van der Waals surface area contributed by atoms with Crippen LogP contribution in [0, 0.1) is 0 Å². The maximum absolute atomic E-state index is 11.7. The van der Waals surface area contributed by atoms with Gasteiger partial charge in [0.15, 0.2) is 6.29 Å². The molecule has 3 N–H and O–H groups in total. The number of nitrogens with one attached hydrogen (secondary N) is 2. The van der Waals surface area contributed by atoms with E-state index in [-0.39, 0.29) is 24.8 Å². The molecule has 2 amide bonds. The molecule has 3 atom stereocenters. The lowest BCUT2D eigenvalue weighted by Crippen LogP contribution is -2.34. The number of ether oxygens (including phenoxy) is 2. The number of rotatable bonds is 9.